The van der Waals surface area contributed by atoms with Crippen LogP contribution in [0.4, 0.5) is 5.69 Å². The summed E-state index contributed by atoms with van der Waals surface area (Å²) in [6.07, 6.45) is 5.15. The van der Waals surface area contributed by atoms with E-state index in [1.165, 1.54) is 29.2 Å². The summed E-state index contributed by atoms with van der Waals surface area (Å²) in [5.41, 5.74) is 2.22. The lowest BCUT2D eigenvalue weighted by atomic mass is 9.95. The minimum Gasteiger partial charge on any atom is -0.352 e. The zero-order valence-electron chi connectivity index (χ0n) is 22.9. The summed E-state index contributed by atoms with van der Waals surface area (Å²) in [5.74, 6) is -0.711. The van der Waals surface area contributed by atoms with Crippen molar-refractivity contribution in [3.63, 3.8) is 0 Å². The SMILES string of the molecule is Cc1ccccc1CN(C(=O)CN(c1ccccc1)S(=O)(=O)c1ccc(Cl)cc1)C(C)C(=O)NC1CCCCC1. The van der Waals surface area contributed by atoms with E-state index in [0.29, 0.717) is 10.7 Å². The van der Waals surface area contributed by atoms with Crippen molar-refractivity contribution in [1.82, 2.24) is 10.2 Å². The molecule has 0 heterocycles. The normalized spacial score (nSPS) is 14.8. The van der Waals surface area contributed by atoms with Crippen LogP contribution in [0.2, 0.25) is 5.02 Å². The highest BCUT2D eigenvalue weighted by Gasteiger charge is 2.33. The van der Waals surface area contributed by atoms with Gasteiger partial charge in [-0.3, -0.25) is 13.9 Å². The number of nitrogens with one attached hydrogen (secondary N) is 1. The van der Waals surface area contributed by atoms with Crippen LogP contribution >= 0.6 is 11.6 Å². The summed E-state index contributed by atoms with van der Waals surface area (Å²) in [7, 11) is -4.12. The van der Waals surface area contributed by atoms with Gasteiger partial charge >= 0.3 is 0 Å². The molecule has 1 fully saturated rings. The third-order valence-electron chi connectivity index (χ3n) is 7.45. The second-order valence-electron chi connectivity index (χ2n) is 10.3. The first-order chi connectivity index (χ1) is 19.2. The van der Waals surface area contributed by atoms with Gasteiger partial charge in [0.15, 0.2) is 0 Å². The van der Waals surface area contributed by atoms with Gasteiger partial charge < -0.3 is 10.2 Å². The number of carbonyl (C=O) groups is 2. The van der Waals surface area contributed by atoms with Crippen molar-refractivity contribution in [2.75, 3.05) is 10.8 Å². The quantitative estimate of drug-likeness (QED) is 0.332. The van der Waals surface area contributed by atoms with Gasteiger partial charge in [0, 0.05) is 17.6 Å². The number of hydrogen-bond acceptors (Lipinski definition) is 4. The van der Waals surface area contributed by atoms with Gasteiger partial charge in [-0.2, -0.15) is 0 Å². The standard InChI is InChI=1S/C31H36ClN3O4S/c1-23-11-9-10-12-25(23)21-34(24(2)31(37)33-27-13-5-3-6-14-27)30(36)22-35(28-15-7-4-8-16-28)40(38,39)29-19-17-26(32)18-20-29/h4,7-12,15-20,24,27H,3,5-6,13-14,21-22H2,1-2H3,(H,33,37). The topological polar surface area (TPSA) is 86.8 Å². The Morgan fingerprint density at radius 2 is 1.55 bits per heavy atom. The number of amides is 2. The summed E-state index contributed by atoms with van der Waals surface area (Å²) in [6.45, 7) is 3.36. The van der Waals surface area contributed by atoms with Gasteiger partial charge in [0.25, 0.3) is 10.0 Å². The number of carbonyl (C=O) groups excluding carboxylic acids is 2. The number of para-hydroxylation sites is 1. The molecule has 3 aromatic carbocycles. The Morgan fingerprint density at radius 3 is 2.20 bits per heavy atom. The lowest BCUT2D eigenvalue weighted by molar-refractivity contribution is -0.139. The predicted molar refractivity (Wildman–Crippen MR) is 159 cm³/mol. The second-order valence-corrected chi connectivity index (χ2v) is 12.6. The number of hydrogen-bond donors (Lipinski definition) is 1. The zero-order chi connectivity index (χ0) is 28.7. The van der Waals surface area contributed by atoms with Gasteiger partial charge in [0.05, 0.1) is 10.6 Å². The average molecular weight is 582 g/mol. The maximum Gasteiger partial charge on any atom is 0.264 e. The highest BCUT2D eigenvalue weighted by Crippen LogP contribution is 2.26. The first kappa shape index (κ1) is 29.6. The minimum atomic E-state index is -4.12. The van der Waals surface area contributed by atoms with Crippen LogP contribution in [0.1, 0.15) is 50.2 Å². The van der Waals surface area contributed by atoms with Crippen molar-refractivity contribution in [1.29, 1.82) is 0 Å². The number of aryl methyl sites for hydroxylation is 1. The molecule has 1 unspecified atom stereocenters. The lowest BCUT2D eigenvalue weighted by Gasteiger charge is -2.33. The highest BCUT2D eigenvalue weighted by atomic mass is 35.5. The number of nitrogens with zero attached hydrogens (tertiary/aromatic N) is 2. The summed E-state index contributed by atoms with van der Waals surface area (Å²) >= 11 is 6.00. The van der Waals surface area contributed by atoms with E-state index in [4.69, 9.17) is 11.6 Å². The molecule has 0 spiro atoms. The number of halogens is 1. The van der Waals surface area contributed by atoms with Crippen LogP contribution < -0.4 is 9.62 Å². The van der Waals surface area contributed by atoms with Crippen LogP contribution in [0.15, 0.2) is 83.8 Å². The molecule has 4 rings (SSSR count). The molecule has 0 radical (unpaired) electrons. The molecule has 1 N–H and O–H groups in total. The van der Waals surface area contributed by atoms with Gasteiger partial charge in [0.1, 0.15) is 12.6 Å². The van der Waals surface area contributed by atoms with E-state index in [-0.39, 0.29) is 23.4 Å². The zero-order valence-corrected chi connectivity index (χ0v) is 24.5. The number of sulfonamides is 1. The fraction of sp³-hybridized carbons (Fsp3) is 0.355. The molecule has 1 saturated carbocycles. The smallest absolute Gasteiger partial charge is 0.264 e. The predicted octanol–water partition coefficient (Wildman–Crippen LogP) is 5.71. The van der Waals surface area contributed by atoms with E-state index < -0.39 is 28.5 Å². The molecule has 9 heteroatoms. The van der Waals surface area contributed by atoms with Gasteiger partial charge in [0.2, 0.25) is 11.8 Å². The van der Waals surface area contributed by atoms with Crippen molar-refractivity contribution in [3.05, 3.63) is 95.0 Å². The fourth-order valence-corrected chi connectivity index (χ4v) is 6.52. The summed E-state index contributed by atoms with van der Waals surface area (Å²) in [6, 6.07) is 21.3. The van der Waals surface area contributed by atoms with E-state index in [0.717, 1.165) is 47.5 Å². The van der Waals surface area contributed by atoms with Crippen LogP contribution in [0.3, 0.4) is 0 Å². The third kappa shape index (κ3) is 7.23. The molecular weight excluding hydrogens is 546 g/mol. The largest absolute Gasteiger partial charge is 0.352 e. The molecule has 1 atom stereocenters. The molecule has 0 bridgehead atoms. The third-order valence-corrected chi connectivity index (χ3v) is 9.49. The van der Waals surface area contributed by atoms with Crippen LogP contribution in [-0.4, -0.2) is 43.8 Å². The second kappa shape index (κ2) is 13.3. The molecule has 0 saturated heterocycles. The Labute approximate surface area is 242 Å². The maximum atomic E-state index is 14.0. The number of benzene rings is 3. The number of rotatable bonds is 10. The molecule has 2 amide bonds. The Hall–Kier alpha value is -3.36. The number of anilines is 1. The molecule has 3 aromatic rings. The van der Waals surface area contributed by atoms with Gasteiger partial charge in [-0.05, 0) is 74.2 Å². The van der Waals surface area contributed by atoms with E-state index in [9.17, 15) is 18.0 Å². The van der Waals surface area contributed by atoms with Crippen LogP contribution in [0, 0.1) is 6.92 Å². The fourth-order valence-electron chi connectivity index (χ4n) is 4.98. The summed E-state index contributed by atoms with van der Waals surface area (Å²) in [5, 5.41) is 3.53. The van der Waals surface area contributed by atoms with Crippen LogP contribution in [-0.2, 0) is 26.2 Å². The van der Waals surface area contributed by atoms with E-state index in [1.807, 2.05) is 31.2 Å². The van der Waals surface area contributed by atoms with Crippen molar-refractivity contribution >= 4 is 39.1 Å². The van der Waals surface area contributed by atoms with E-state index in [1.54, 1.807) is 37.3 Å². The Morgan fingerprint density at radius 1 is 0.925 bits per heavy atom. The Kier molecular flexibility index (Phi) is 9.87. The monoisotopic (exact) mass is 581 g/mol. The van der Waals surface area contributed by atoms with Crippen LogP contribution in [0.5, 0.6) is 0 Å². The first-order valence-electron chi connectivity index (χ1n) is 13.6. The molecule has 212 valence electrons. The van der Waals surface area contributed by atoms with Gasteiger partial charge in [-0.25, -0.2) is 8.42 Å². The highest BCUT2D eigenvalue weighted by molar-refractivity contribution is 7.92. The first-order valence-corrected chi connectivity index (χ1v) is 15.5. The molecule has 0 aliphatic heterocycles. The molecule has 7 nitrogen and oxygen atoms in total. The van der Waals surface area contributed by atoms with Crippen LogP contribution in [0.25, 0.3) is 0 Å². The lowest BCUT2D eigenvalue weighted by Crippen LogP contribution is -2.53. The van der Waals surface area contributed by atoms with E-state index >= 15 is 0 Å². The van der Waals surface area contributed by atoms with E-state index in [2.05, 4.69) is 5.32 Å². The van der Waals surface area contributed by atoms with Crippen molar-refractivity contribution in [2.45, 2.75) is 69.5 Å². The Balaban J connectivity index is 1.66. The molecule has 40 heavy (non-hydrogen) atoms. The van der Waals surface area contributed by atoms with Crippen molar-refractivity contribution in [2.24, 2.45) is 0 Å². The molecule has 0 aromatic heterocycles. The molecular formula is C31H36ClN3O4S. The average Bonchev–Trinajstić information content (AvgIpc) is 2.96. The summed E-state index contributed by atoms with van der Waals surface area (Å²) < 4.78 is 28.7. The van der Waals surface area contributed by atoms with Crippen molar-refractivity contribution in [3.8, 4) is 0 Å². The van der Waals surface area contributed by atoms with Gasteiger partial charge in [-0.1, -0.05) is 73.3 Å². The molecule has 1 aliphatic carbocycles. The summed E-state index contributed by atoms with van der Waals surface area (Å²) in [4.78, 5) is 28.9. The Bertz CT molecular complexity index is 1410. The minimum absolute atomic E-state index is 0.0158. The van der Waals surface area contributed by atoms with Gasteiger partial charge in [-0.15, -0.1) is 0 Å². The van der Waals surface area contributed by atoms with Crippen molar-refractivity contribution < 1.29 is 18.0 Å². The molecule has 1 aliphatic rings. The maximum absolute atomic E-state index is 14.0.